The van der Waals surface area contributed by atoms with Crippen LogP contribution < -0.4 is 10.6 Å². The van der Waals surface area contributed by atoms with Crippen LogP contribution in [0.3, 0.4) is 0 Å². The van der Waals surface area contributed by atoms with Crippen LogP contribution in [0.5, 0.6) is 5.75 Å². The summed E-state index contributed by atoms with van der Waals surface area (Å²) in [5.41, 5.74) is 3.99. The van der Waals surface area contributed by atoms with Gasteiger partial charge in [-0.2, -0.15) is 0 Å². The Hall–Kier alpha value is -3.81. The van der Waals surface area contributed by atoms with Gasteiger partial charge in [-0.1, -0.05) is 42.1 Å². The van der Waals surface area contributed by atoms with Crippen LogP contribution in [0.2, 0.25) is 0 Å². The van der Waals surface area contributed by atoms with Crippen molar-refractivity contribution >= 4 is 29.0 Å². The molecular formula is C26H19FN2O3S. The van der Waals surface area contributed by atoms with Crippen LogP contribution in [-0.2, 0) is 0 Å². The van der Waals surface area contributed by atoms with E-state index in [9.17, 15) is 19.4 Å². The molecule has 1 atom stereocenters. The van der Waals surface area contributed by atoms with E-state index in [2.05, 4.69) is 10.6 Å². The number of rotatable bonds is 4. The standard InChI is InChI=1S/C26H19FN2O3S/c27-18-7-11-23-21(14-18)26(32)29-22-13-17(6-10-24(22)33-23)25(31)28-19-3-1-2-16(12-19)15-4-8-20(30)9-5-15/h1-14,25,28,30-31H,(H,29,32). The molecule has 0 bridgehead atoms. The Labute approximate surface area is 193 Å². The predicted octanol–water partition coefficient (Wildman–Crippen LogP) is 6.02. The third-order valence-electron chi connectivity index (χ3n) is 5.34. The Morgan fingerprint density at radius 2 is 1.67 bits per heavy atom. The summed E-state index contributed by atoms with van der Waals surface area (Å²) in [6.45, 7) is 0. The van der Waals surface area contributed by atoms with Crippen LogP contribution in [0.4, 0.5) is 15.8 Å². The number of carbonyl (C=O) groups excluding carboxylic acids is 1. The van der Waals surface area contributed by atoms with Crippen molar-refractivity contribution in [3.05, 3.63) is 102 Å². The highest BCUT2D eigenvalue weighted by Gasteiger charge is 2.22. The van der Waals surface area contributed by atoms with Crippen LogP contribution >= 0.6 is 11.8 Å². The van der Waals surface area contributed by atoms with E-state index >= 15 is 0 Å². The topological polar surface area (TPSA) is 81.6 Å². The average molecular weight is 459 g/mol. The SMILES string of the molecule is O=C1Nc2cc(C(O)Nc3cccc(-c4ccc(O)cc4)c3)ccc2Sc2ccc(F)cc21. The zero-order valence-corrected chi connectivity index (χ0v) is 18.1. The Balaban J connectivity index is 1.38. The summed E-state index contributed by atoms with van der Waals surface area (Å²) in [5, 5.41) is 26.2. The van der Waals surface area contributed by atoms with Gasteiger partial charge < -0.3 is 20.8 Å². The number of phenolic OH excluding ortho intramolecular Hbond substituents is 1. The van der Waals surface area contributed by atoms with Crippen molar-refractivity contribution in [1.29, 1.82) is 0 Å². The van der Waals surface area contributed by atoms with Gasteiger partial charge in [0.25, 0.3) is 5.91 Å². The van der Waals surface area contributed by atoms with Crippen molar-refractivity contribution in [3.63, 3.8) is 0 Å². The quantitative estimate of drug-likeness (QED) is 0.281. The number of aliphatic hydroxyl groups excluding tert-OH is 1. The molecule has 4 N–H and O–H groups in total. The van der Waals surface area contributed by atoms with Gasteiger partial charge in [0.05, 0.1) is 11.3 Å². The Bertz CT molecular complexity index is 1360. The maximum absolute atomic E-state index is 13.6. The highest BCUT2D eigenvalue weighted by atomic mass is 32.2. The fourth-order valence-corrected chi connectivity index (χ4v) is 4.66. The molecule has 1 aliphatic heterocycles. The van der Waals surface area contributed by atoms with Crippen LogP contribution in [0.15, 0.2) is 94.7 Å². The number of hydrogen-bond donors (Lipinski definition) is 4. The summed E-state index contributed by atoms with van der Waals surface area (Å²) in [6, 6.07) is 23.9. The van der Waals surface area contributed by atoms with Crippen LogP contribution in [0.25, 0.3) is 11.1 Å². The summed E-state index contributed by atoms with van der Waals surface area (Å²) >= 11 is 1.37. The number of halogens is 1. The predicted molar refractivity (Wildman–Crippen MR) is 127 cm³/mol. The van der Waals surface area contributed by atoms with Gasteiger partial charge in [0, 0.05) is 21.0 Å². The van der Waals surface area contributed by atoms with E-state index in [1.54, 1.807) is 30.3 Å². The Kier molecular flexibility index (Phi) is 5.50. The molecule has 0 radical (unpaired) electrons. The fourth-order valence-electron chi connectivity index (χ4n) is 3.66. The highest BCUT2D eigenvalue weighted by Crippen LogP contribution is 2.40. The fraction of sp³-hybridized carbons (Fsp3) is 0.0385. The summed E-state index contributed by atoms with van der Waals surface area (Å²) in [4.78, 5) is 14.1. The van der Waals surface area contributed by atoms with Crippen molar-refractivity contribution in [2.75, 3.05) is 10.6 Å². The first-order chi connectivity index (χ1) is 16.0. The molecule has 0 saturated carbocycles. The molecule has 33 heavy (non-hydrogen) atoms. The Morgan fingerprint density at radius 3 is 2.48 bits per heavy atom. The number of nitrogens with one attached hydrogen (secondary N) is 2. The molecule has 0 aliphatic carbocycles. The Morgan fingerprint density at radius 1 is 0.879 bits per heavy atom. The van der Waals surface area contributed by atoms with Crippen molar-refractivity contribution in [3.8, 4) is 16.9 Å². The van der Waals surface area contributed by atoms with E-state index in [-0.39, 0.29) is 11.3 Å². The second-order valence-corrected chi connectivity index (χ2v) is 8.71. The molecule has 5 nitrogen and oxygen atoms in total. The van der Waals surface area contributed by atoms with Gasteiger partial charge in [-0.05, 0) is 65.7 Å². The van der Waals surface area contributed by atoms with Crippen LogP contribution in [0.1, 0.15) is 22.1 Å². The molecule has 7 heteroatoms. The summed E-state index contributed by atoms with van der Waals surface area (Å²) in [5.74, 6) is -0.660. The lowest BCUT2D eigenvalue weighted by Gasteiger charge is -2.17. The lowest BCUT2D eigenvalue weighted by Crippen LogP contribution is -2.13. The van der Waals surface area contributed by atoms with Gasteiger partial charge in [0.15, 0.2) is 6.23 Å². The van der Waals surface area contributed by atoms with E-state index in [0.717, 1.165) is 16.0 Å². The summed E-state index contributed by atoms with van der Waals surface area (Å²) < 4.78 is 13.6. The minimum absolute atomic E-state index is 0.199. The third-order valence-corrected chi connectivity index (χ3v) is 6.49. The third kappa shape index (κ3) is 4.41. The largest absolute Gasteiger partial charge is 0.508 e. The number of amides is 1. The molecule has 1 aliphatic rings. The van der Waals surface area contributed by atoms with E-state index in [1.807, 2.05) is 42.5 Å². The highest BCUT2D eigenvalue weighted by molar-refractivity contribution is 7.99. The van der Waals surface area contributed by atoms with Gasteiger partial charge in [0.2, 0.25) is 0 Å². The van der Waals surface area contributed by atoms with Gasteiger partial charge in [-0.3, -0.25) is 4.79 Å². The normalized spacial score (nSPS) is 13.3. The minimum atomic E-state index is -1.02. The van der Waals surface area contributed by atoms with Gasteiger partial charge in [0.1, 0.15) is 11.6 Å². The molecule has 5 rings (SSSR count). The molecule has 0 saturated heterocycles. The number of phenols is 1. The maximum Gasteiger partial charge on any atom is 0.256 e. The number of anilines is 2. The van der Waals surface area contributed by atoms with Crippen LogP contribution in [-0.4, -0.2) is 16.1 Å². The van der Waals surface area contributed by atoms with Crippen molar-refractivity contribution < 1.29 is 19.4 Å². The molecule has 4 aromatic rings. The monoisotopic (exact) mass is 458 g/mol. The second kappa shape index (κ2) is 8.61. The number of hydrogen-bond acceptors (Lipinski definition) is 5. The minimum Gasteiger partial charge on any atom is -0.508 e. The molecule has 0 fully saturated rings. The van der Waals surface area contributed by atoms with Crippen LogP contribution in [0, 0.1) is 5.82 Å². The van der Waals surface area contributed by atoms with Gasteiger partial charge in [-0.25, -0.2) is 4.39 Å². The van der Waals surface area contributed by atoms with E-state index < -0.39 is 18.0 Å². The molecule has 0 spiro atoms. The summed E-state index contributed by atoms with van der Waals surface area (Å²) in [7, 11) is 0. The van der Waals surface area contributed by atoms with Crippen molar-refractivity contribution in [1.82, 2.24) is 0 Å². The molecule has 164 valence electrons. The summed E-state index contributed by atoms with van der Waals surface area (Å²) in [6.07, 6.45) is -1.02. The number of aliphatic hydroxyl groups is 1. The second-order valence-electron chi connectivity index (χ2n) is 7.63. The number of fused-ring (bicyclic) bond motifs is 2. The average Bonchev–Trinajstić information content (AvgIpc) is 2.95. The smallest absolute Gasteiger partial charge is 0.256 e. The molecule has 1 amide bonds. The number of carbonyl (C=O) groups is 1. The first-order valence-electron chi connectivity index (χ1n) is 10.2. The zero-order valence-electron chi connectivity index (χ0n) is 17.2. The molecule has 4 aromatic carbocycles. The lowest BCUT2D eigenvalue weighted by atomic mass is 10.0. The van der Waals surface area contributed by atoms with E-state index in [0.29, 0.717) is 21.8 Å². The maximum atomic E-state index is 13.6. The number of aromatic hydroxyl groups is 1. The zero-order chi connectivity index (χ0) is 22.9. The van der Waals surface area contributed by atoms with E-state index in [4.69, 9.17) is 0 Å². The van der Waals surface area contributed by atoms with Crippen molar-refractivity contribution in [2.24, 2.45) is 0 Å². The first-order valence-corrected chi connectivity index (χ1v) is 11.0. The van der Waals surface area contributed by atoms with Gasteiger partial charge >= 0.3 is 0 Å². The molecule has 1 heterocycles. The molecule has 0 aromatic heterocycles. The lowest BCUT2D eigenvalue weighted by molar-refractivity contribution is 0.102. The van der Waals surface area contributed by atoms with Crippen molar-refractivity contribution in [2.45, 2.75) is 16.0 Å². The van der Waals surface area contributed by atoms with Gasteiger partial charge in [-0.15, -0.1) is 0 Å². The molecular weight excluding hydrogens is 439 g/mol. The first kappa shape index (κ1) is 21.1. The molecule has 1 unspecified atom stereocenters. The number of benzene rings is 4. The van der Waals surface area contributed by atoms with E-state index in [1.165, 1.54) is 23.9 Å².